The van der Waals surface area contributed by atoms with Crippen LogP contribution in [0, 0.1) is 6.92 Å². The number of para-hydroxylation sites is 1. The highest BCUT2D eigenvalue weighted by Gasteiger charge is 2.23. The van der Waals surface area contributed by atoms with E-state index in [1.165, 1.54) is 10.9 Å². The van der Waals surface area contributed by atoms with Gasteiger partial charge in [-0.15, -0.1) is 10.2 Å². The molecule has 1 amide bonds. The number of rotatable bonds is 3. The summed E-state index contributed by atoms with van der Waals surface area (Å²) in [4.78, 5) is 29.1. The molecule has 0 saturated heterocycles. The van der Waals surface area contributed by atoms with E-state index in [9.17, 15) is 9.59 Å². The van der Waals surface area contributed by atoms with Crippen molar-refractivity contribution in [2.75, 3.05) is 0 Å². The lowest BCUT2D eigenvalue weighted by atomic mass is 10.1. The minimum atomic E-state index is -0.207. The Kier molecular flexibility index (Phi) is 3.79. The summed E-state index contributed by atoms with van der Waals surface area (Å²) in [5, 5.41) is 11.7. The Morgan fingerprint density at radius 3 is 3.04 bits per heavy atom. The van der Waals surface area contributed by atoms with Crippen LogP contribution in [0.25, 0.3) is 10.9 Å². The number of hydrogen-bond donors (Lipinski definition) is 1. The van der Waals surface area contributed by atoms with E-state index < -0.39 is 0 Å². The van der Waals surface area contributed by atoms with Gasteiger partial charge in [-0.2, -0.15) is 0 Å². The van der Waals surface area contributed by atoms with E-state index in [1.807, 2.05) is 17.6 Å². The van der Waals surface area contributed by atoms with Gasteiger partial charge in [0.15, 0.2) is 0 Å². The molecule has 3 aromatic rings. The minimum absolute atomic E-state index is 0.0128. The lowest BCUT2D eigenvalue weighted by Gasteiger charge is -2.25. The molecule has 0 spiro atoms. The molecule has 0 fully saturated rings. The molecule has 4 rings (SSSR count). The van der Waals surface area contributed by atoms with E-state index in [1.54, 1.807) is 18.2 Å². The van der Waals surface area contributed by atoms with Crippen LogP contribution in [0.1, 0.15) is 18.1 Å². The van der Waals surface area contributed by atoms with Crippen molar-refractivity contribution >= 4 is 16.8 Å². The number of nitrogens with zero attached hydrogens (tertiary/aromatic N) is 5. The van der Waals surface area contributed by atoms with Crippen molar-refractivity contribution < 1.29 is 4.79 Å². The van der Waals surface area contributed by atoms with Crippen LogP contribution in [0.3, 0.4) is 0 Å². The van der Waals surface area contributed by atoms with Gasteiger partial charge in [0, 0.05) is 19.0 Å². The lowest BCUT2D eigenvalue weighted by molar-refractivity contribution is -0.122. The van der Waals surface area contributed by atoms with Crippen LogP contribution in [-0.2, 0) is 24.3 Å². The van der Waals surface area contributed by atoms with Crippen molar-refractivity contribution in [3.8, 4) is 0 Å². The van der Waals surface area contributed by atoms with Gasteiger partial charge in [0.25, 0.3) is 5.56 Å². The first-order chi connectivity index (χ1) is 12.1. The predicted molar refractivity (Wildman–Crippen MR) is 91.0 cm³/mol. The second-order valence-corrected chi connectivity index (χ2v) is 6.27. The summed E-state index contributed by atoms with van der Waals surface area (Å²) < 4.78 is 3.37. The van der Waals surface area contributed by atoms with Gasteiger partial charge in [-0.05, 0) is 25.5 Å². The third kappa shape index (κ3) is 2.90. The Morgan fingerprint density at radius 1 is 1.32 bits per heavy atom. The normalized spacial score (nSPS) is 16.6. The summed E-state index contributed by atoms with van der Waals surface area (Å²) in [5.74, 6) is 1.61. The van der Waals surface area contributed by atoms with Crippen LogP contribution in [0.4, 0.5) is 0 Å². The van der Waals surface area contributed by atoms with Crippen LogP contribution < -0.4 is 10.9 Å². The fourth-order valence-electron chi connectivity index (χ4n) is 3.23. The Bertz CT molecular complexity index is 1010. The Morgan fingerprint density at radius 2 is 2.16 bits per heavy atom. The lowest BCUT2D eigenvalue weighted by Crippen LogP contribution is -2.43. The van der Waals surface area contributed by atoms with Crippen molar-refractivity contribution in [1.82, 2.24) is 29.6 Å². The van der Waals surface area contributed by atoms with Crippen molar-refractivity contribution in [2.45, 2.75) is 38.9 Å². The zero-order valence-electron chi connectivity index (χ0n) is 13.8. The number of fused-ring (bicyclic) bond motifs is 2. The van der Waals surface area contributed by atoms with Gasteiger partial charge in [0.1, 0.15) is 18.2 Å². The highest BCUT2D eigenvalue weighted by Crippen LogP contribution is 2.14. The van der Waals surface area contributed by atoms with Gasteiger partial charge in [-0.3, -0.25) is 14.2 Å². The molecular weight excluding hydrogens is 320 g/mol. The second-order valence-electron chi connectivity index (χ2n) is 6.27. The van der Waals surface area contributed by atoms with Crippen LogP contribution in [0.15, 0.2) is 35.4 Å². The molecule has 8 nitrogen and oxygen atoms in total. The van der Waals surface area contributed by atoms with Crippen LogP contribution in [-0.4, -0.2) is 36.3 Å². The number of carbonyl (C=O) groups is 1. The maximum absolute atomic E-state index is 12.5. The number of aromatic nitrogens is 5. The third-order valence-electron chi connectivity index (χ3n) is 4.54. The van der Waals surface area contributed by atoms with Crippen molar-refractivity contribution in [2.24, 2.45) is 0 Å². The maximum Gasteiger partial charge on any atom is 0.261 e. The molecule has 25 heavy (non-hydrogen) atoms. The van der Waals surface area contributed by atoms with Crippen molar-refractivity contribution in [3.05, 3.63) is 52.6 Å². The molecule has 0 radical (unpaired) electrons. The molecule has 1 N–H and O–H groups in total. The standard InChI is InChI=1S/C17H18N6O2/c1-11-20-21-15-7-6-12(8-23(11)15)19-16(24)9-22-10-18-14-5-3-2-4-13(14)17(22)25/h2-5,10,12H,6-9H2,1H3,(H,19,24)/t12-/m1/s1. The smallest absolute Gasteiger partial charge is 0.261 e. The quantitative estimate of drug-likeness (QED) is 0.747. The SMILES string of the molecule is Cc1nnc2n1C[C@H](NC(=O)Cn1cnc3ccccc3c1=O)CC2. The van der Waals surface area contributed by atoms with Gasteiger partial charge in [0.2, 0.25) is 5.91 Å². The average Bonchev–Trinajstić information content (AvgIpc) is 2.98. The van der Waals surface area contributed by atoms with Gasteiger partial charge >= 0.3 is 0 Å². The van der Waals surface area contributed by atoms with E-state index in [4.69, 9.17) is 0 Å². The Labute approximate surface area is 143 Å². The van der Waals surface area contributed by atoms with Gasteiger partial charge in [0.05, 0.1) is 17.2 Å². The third-order valence-corrected chi connectivity index (χ3v) is 4.54. The molecule has 1 aliphatic heterocycles. The monoisotopic (exact) mass is 338 g/mol. The number of hydrogen-bond acceptors (Lipinski definition) is 5. The summed E-state index contributed by atoms with van der Waals surface area (Å²) in [6.07, 6.45) is 3.02. The predicted octanol–water partition coefficient (Wildman–Crippen LogP) is 0.428. The Balaban J connectivity index is 1.47. The number of amides is 1. The van der Waals surface area contributed by atoms with Crippen LogP contribution in [0.5, 0.6) is 0 Å². The summed E-state index contributed by atoms with van der Waals surface area (Å²) in [6.45, 7) is 2.52. The van der Waals surface area contributed by atoms with E-state index in [-0.39, 0.29) is 24.1 Å². The summed E-state index contributed by atoms with van der Waals surface area (Å²) >= 11 is 0. The molecule has 3 heterocycles. The average molecular weight is 338 g/mol. The largest absolute Gasteiger partial charge is 0.350 e. The highest BCUT2D eigenvalue weighted by atomic mass is 16.2. The maximum atomic E-state index is 12.5. The molecule has 1 aliphatic rings. The molecular formula is C17H18N6O2. The van der Waals surface area contributed by atoms with Gasteiger partial charge in [-0.1, -0.05) is 12.1 Å². The molecule has 8 heteroatoms. The zero-order valence-corrected chi connectivity index (χ0v) is 13.8. The van der Waals surface area contributed by atoms with Gasteiger partial charge < -0.3 is 9.88 Å². The zero-order chi connectivity index (χ0) is 17.4. The van der Waals surface area contributed by atoms with Gasteiger partial charge in [-0.25, -0.2) is 4.98 Å². The number of aryl methyl sites for hydroxylation is 2. The van der Waals surface area contributed by atoms with Crippen molar-refractivity contribution in [3.63, 3.8) is 0 Å². The minimum Gasteiger partial charge on any atom is -0.350 e. The second kappa shape index (κ2) is 6.12. The highest BCUT2D eigenvalue weighted by molar-refractivity contribution is 5.79. The number of nitrogens with one attached hydrogen (secondary N) is 1. The summed E-state index contributed by atoms with van der Waals surface area (Å²) in [5.41, 5.74) is 0.424. The van der Waals surface area contributed by atoms with Crippen LogP contribution in [0.2, 0.25) is 0 Å². The van der Waals surface area contributed by atoms with Crippen molar-refractivity contribution in [1.29, 1.82) is 0 Å². The fourth-order valence-corrected chi connectivity index (χ4v) is 3.23. The molecule has 128 valence electrons. The molecule has 1 atom stereocenters. The molecule has 0 unspecified atom stereocenters. The molecule has 0 saturated carbocycles. The van der Waals surface area contributed by atoms with E-state index in [0.717, 1.165) is 24.5 Å². The Hall–Kier alpha value is -3.03. The first-order valence-electron chi connectivity index (χ1n) is 8.24. The number of carbonyl (C=O) groups excluding carboxylic acids is 1. The van der Waals surface area contributed by atoms with Crippen LogP contribution >= 0.6 is 0 Å². The van der Waals surface area contributed by atoms with E-state index >= 15 is 0 Å². The fraction of sp³-hybridized carbons (Fsp3) is 0.353. The first-order valence-corrected chi connectivity index (χ1v) is 8.24. The first kappa shape index (κ1) is 15.5. The molecule has 0 bridgehead atoms. The molecule has 2 aromatic heterocycles. The molecule has 0 aliphatic carbocycles. The summed E-state index contributed by atoms with van der Waals surface area (Å²) in [6, 6.07) is 7.13. The summed E-state index contributed by atoms with van der Waals surface area (Å²) in [7, 11) is 0. The number of benzene rings is 1. The van der Waals surface area contributed by atoms with E-state index in [0.29, 0.717) is 17.4 Å². The van der Waals surface area contributed by atoms with E-state index in [2.05, 4.69) is 20.5 Å². The topological polar surface area (TPSA) is 94.7 Å². The molecule has 1 aromatic carbocycles.